The van der Waals surface area contributed by atoms with Crippen molar-refractivity contribution in [3.8, 4) is 11.5 Å². The summed E-state index contributed by atoms with van der Waals surface area (Å²) in [5, 5.41) is 3.48. The molecule has 7 nitrogen and oxygen atoms in total. The maximum absolute atomic E-state index is 12.4. The van der Waals surface area contributed by atoms with E-state index in [1.54, 1.807) is 0 Å². The molecule has 1 saturated heterocycles. The van der Waals surface area contributed by atoms with Crippen LogP contribution in [0.3, 0.4) is 0 Å². The quantitative estimate of drug-likeness (QED) is 0.293. The Morgan fingerprint density at radius 2 is 1.66 bits per heavy atom. The van der Waals surface area contributed by atoms with Gasteiger partial charge in [-0.2, -0.15) is 0 Å². The van der Waals surface area contributed by atoms with Crippen molar-refractivity contribution in [1.29, 1.82) is 0 Å². The third-order valence-electron chi connectivity index (χ3n) is 5.98. The SMILES string of the molecule is NC(=O)C(C1=NCCC(C2CCN(I)CC2)N1)=C(N)c1ccc(Oc2ccccc2)cc1. The third-order valence-corrected chi connectivity index (χ3v) is 6.95. The summed E-state index contributed by atoms with van der Waals surface area (Å²) in [6.45, 7) is 2.81. The Morgan fingerprint density at radius 3 is 2.31 bits per heavy atom. The molecule has 2 aromatic carbocycles. The van der Waals surface area contributed by atoms with Gasteiger partial charge >= 0.3 is 0 Å². The van der Waals surface area contributed by atoms with E-state index in [0.29, 0.717) is 35.3 Å². The molecule has 2 aromatic rings. The Bertz CT molecular complexity index is 999. The van der Waals surface area contributed by atoms with Crippen molar-refractivity contribution in [3.63, 3.8) is 0 Å². The Morgan fingerprint density at radius 1 is 1.00 bits per heavy atom. The fourth-order valence-corrected chi connectivity index (χ4v) is 4.79. The first-order chi connectivity index (χ1) is 15.5. The molecule has 0 bridgehead atoms. The number of carbonyl (C=O) groups is 1. The molecule has 1 amide bonds. The lowest BCUT2D eigenvalue weighted by Gasteiger charge is -2.36. The average molecular weight is 545 g/mol. The molecule has 0 aliphatic carbocycles. The van der Waals surface area contributed by atoms with Gasteiger partial charge in [0.25, 0.3) is 5.91 Å². The van der Waals surface area contributed by atoms with Crippen molar-refractivity contribution in [2.75, 3.05) is 19.6 Å². The summed E-state index contributed by atoms with van der Waals surface area (Å²) in [6.07, 6.45) is 3.20. The predicted molar refractivity (Wildman–Crippen MR) is 135 cm³/mol. The van der Waals surface area contributed by atoms with Gasteiger partial charge in [-0.1, -0.05) is 18.2 Å². The van der Waals surface area contributed by atoms with Gasteiger partial charge in [-0.3, -0.25) is 9.79 Å². The fraction of sp³-hybridized carbons (Fsp3) is 0.333. The number of rotatable bonds is 6. The minimum absolute atomic E-state index is 0.248. The van der Waals surface area contributed by atoms with Crippen LogP contribution in [0.4, 0.5) is 0 Å². The van der Waals surface area contributed by atoms with Crippen molar-refractivity contribution in [2.45, 2.75) is 25.3 Å². The molecule has 0 saturated carbocycles. The molecule has 5 N–H and O–H groups in total. The highest BCUT2D eigenvalue weighted by Gasteiger charge is 2.30. The van der Waals surface area contributed by atoms with Gasteiger partial charge in [-0.25, -0.2) is 3.11 Å². The lowest BCUT2D eigenvalue weighted by Crippen LogP contribution is -2.48. The number of hydrogen-bond donors (Lipinski definition) is 3. The Labute approximate surface area is 202 Å². The van der Waals surface area contributed by atoms with Crippen molar-refractivity contribution in [3.05, 3.63) is 65.7 Å². The number of amides is 1. The maximum Gasteiger partial charge on any atom is 0.254 e. The first-order valence-corrected chi connectivity index (χ1v) is 11.8. The number of nitrogens with one attached hydrogen (secondary N) is 1. The van der Waals surface area contributed by atoms with E-state index >= 15 is 0 Å². The van der Waals surface area contributed by atoms with Crippen LogP contribution in [0.1, 0.15) is 24.8 Å². The normalized spacial score (nSPS) is 20.7. The molecular formula is C24H28IN5O2. The molecule has 0 radical (unpaired) electrons. The lowest BCUT2D eigenvalue weighted by molar-refractivity contribution is -0.114. The molecule has 4 rings (SSSR count). The van der Waals surface area contributed by atoms with Gasteiger partial charge in [0.15, 0.2) is 0 Å². The van der Waals surface area contributed by atoms with Crippen molar-refractivity contribution in [2.24, 2.45) is 22.4 Å². The second-order valence-electron chi connectivity index (χ2n) is 8.11. The summed E-state index contributed by atoms with van der Waals surface area (Å²) in [5.74, 6) is 1.91. The highest BCUT2D eigenvalue weighted by molar-refractivity contribution is 14.1. The van der Waals surface area contributed by atoms with Gasteiger partial charge < -0.3 is 21.5 Å². The number of amidine groups is 1. The van der Waals surface area contributed by atoms with Crippen LogP contribution in [0.2, 0.25) is 0 Å². The predicted octanol–water partition coefficient (Wildman–Crippen LogP) is 3.46. The molecule has 8 heteroatoms. The van der Waals surface area contributed by atoms with Gasteiger partial charge in [0.05, 0.1) is 5.70 Å². The standard InChI is InChI=1S/C24H28IN5O2/c25-30-14-11-16(12-15-30)20-10-13-28-24(29-20)21(23(27)31)22(26)17-6-8-19(9-7-17)32-18-4-2-1-3-5-18/h1-9,16,20H,10-15,26H2,(H2,27,31)(H,28,29). The molecule has 1 unspecified atom stereocenters. The summed E-state index contributed by atoms with van der Waals surface area (Å²) in [7, 11) is 0. The number of nitrogens with zero attached hydrogens (tertiary/aromatic N) is 2. The topological polar surface area (TPSA) is 106 Å². The van der Waals surface area contributed by atoms with Crippen LogP contribution in [-0.4, -0.2) is 40.5 Å². The van der Waals surface area contributed by atoms with E-state index in [1.807, 2.05) is 54.6 Å². The van der Waals surface area contributed by atoms with E-state index in [-0.39, 0.29) is 11.6 Å². The zero-order chi connectivity index (χ0) is 22.5. The number of para-hydroxylation sites is 1. The zero-order valence-electron chi connectivity index (χ0n) is 17.8. The number of primary amides is 1. The second-order valence-corrected chi connectivity index (χ2v) is 9.47. The molecule has 0 aromatic heterocycles. The number of carbonyl (C=O) groups excluding carboxylic acids is 1. The van der Waals surface area contributed by atoms with E-state index in [4.69, 9.17) is 16.2 Å². The van der Waals surface area contributed by atoms with E-state index in [2.05, 4.69) is 36.3 Å². The largest absolute Gasteiger partial charge is 0.457 e. The third kappa shape index (κ3) is 5.42. The van der Waals surface area contributed by atoms with E-state index in [0.717, 1.165) is 38.1 Å². The maximum atomic E-state index is 12.4. The fourth-order valence-electron chi connectivity index (χ4n) is 4.23. The van der Waals surface area contributed by atoms with Gasteiger partial charge in [0.2, 0.25) is 0 Å². The summed E-state index contributed by atoms with van der Waals surface area (Å²) < 4.78 is 8.16. The molecule has 168 valence electrons. The summed E-state index contributed by atoms with van der Waals surface area (Å²) in [4.78, 5) is 16.9. The van der Waals surface area contributed by atoms with Crippen LogP contribution < -0.4 is 21.5 Å². The Kier molecular flexibility index (Phi) is 7.31. The van der Waals surface area contributed by atoms with E-state index < -0.39 is 5.91 Å². The molecule has 2 aliphatic heterocycles. The van der Waals surface area contributed by atoms with Crippen molar-refractivity contribution < 1.29 is 9.53 Å². The average Bonchev–Trinajstić information content (AvgIpc) is 2.81. The number of aliphatic imine (C=N–C) groups is 1. The molecule has 32 heavy (non-hydrogen) atoms. The van der Waals surface area contributed by atoms with Crippen LogP contribution in [0.25, 0.3) is 5.70 Å². The van der Waals surface area contributed by atoms with Gasteiger partial charge in [0.1, 0.15) is 22.9 Å². The van der Waals surface area contributed by atoms with Crippen LogP contribution in [0.15, 0.2) is 65.2 Å². The smallest absolute Gasteiger partial charge is 0.254 e. The number of hydrogen-bond acceptors (Lipinski definition) is 6. The molecule has 2 heterocycles. The minimum atomic E-state index is -0.582. The van der Waals surface area contributed by atoms with E-state index in [9.17, 15) is 4.79 Å². The van der Waals surface area contributed by atoms with Crippen LogP contribution >= 0.6 is 22.9 Å². The van der Waals surface area contributed by atoms with Crippen LogP contribution in [0, 0.1) is 5.92 Å². The molecule has 0 spiro atoms. The van der Waals surface area contributed by atoms with Gasteiger partial charge in [0, 0.05) is 48.5 Å². The second kappa shape index (κ2) is 10.4. The molecule has 1 atom stereocenters. The lowest BCUT2D eigenvalue weighted by atomic mass is 9.87. The molecule has 1 fully saturated rings. The van der Waals surface area contributed by atoms with Gasteiger partial charge in [-0.15, -0.1) is 0 Å². The minimum Gasteiger partial charge on any atom is -0.457 e. The number of benzene rings is 2. The highest BCUT2D eigenvalue weighted by Crippen LogP contribution is 2.27. The van der Waals surface area contributed by atoms with Crippen LogP contribution in [-0.2, 0) is 4.79 Å². The first kappa shape index (κ1) is 22.6. The molecular weight excluding hydrogens is 517 g/mol. The van der Waals surface area contributed by atoms with E-state index in [1.165, 1.54) is 0 Å². The van der Waals surface area contributed by atoms with Crippen molar-refractivity contribution in [1.82, 2.24) is 8.43 Å². The van der Waals surface area contributed by atoms with Crippen molar-refractivity contribution >= 4 is 40.3 Å². The molecule has 2 aliphatic rings. The summed E-state index contributed by atoms with van der Waals surface area (Å²) in [5.41, 5.74) is 13.4. The van der Waals surface area contributed by atoms with Gasteiger partial charge in [-0.05, 0) is 67.1 Å². The monoisotopic (exact) mass is 545 g/mol. The highest BCUT2D eigenvalue weighted by atomic mass is 127. The number of halogens is 1. The number of piperidine rings is 1. The number of ether oxygens (including phenoxy) is 1. The summed E-state index contributed by atoms with van der Waals surface area (Å²) in [6, 6.07) is 17.1. The Hall–Kier alpha value is -2.59. The zero-order valence-corrected chi connectivity index (χ0v) is 20.0. The number of nitrogens with two attached hydrogens (primary N) is 2. The van der Waals surface area contributed by atoms with Crippen LogP contribution in [0.5, 0.6) is 11.5 Å². The Balaban J connectivity index is 1.52. The first-order valence-electron chi connectivity index (χ1n) is 10.9. The summed E-state index contributed by atoms with van der Waals surface area (Å²) >= 11 is 2.38.